The van der Waals surface area contributed by atoms with E-state index in [-0.39, 0.29) is 23.7 Å². The molecule has 7 heteroatoms. The predicted octanol–water partition coefficient (Wildman–Crippen LogP) is 0.978. The summed E-state index contributed by atoms with van der Waals surface area (Å²) in [6.45, 7) is 3.67. The Bertz CT molecular complexity index is 473. The summed E-state index contributed by atoms with van der Waals surface area (Å²) < 4.78 is 5.25. The first-order valence-corrected chi connectivity index (χ1v) is 4.80. The Kier molecular flexibility index (Phi) is 3.60. The number of nitriles is 1. The van der Waals surface area contributed by atoms with Crippen molar-refractivity contribution in [2.45, 2.75) is 19.4 Å². The second kappa shape index (κ2) is 4.76. The minimum absolute atomic E-state index is 0.0171. The third-order valence-electron chi connectivity index (χ3n) is 1.75. The zero-order chi connectivity index (χ0) is 13.1. The molecule has 0 spiro atoms. The van der Waals surface area contributed by atoms with Crippen LogP contribution in [0.5, 0.6) is 5.88 Å². The summed E-state index contributed by atoms with van der Waals surface area (Å²) >= 11 is 0. The molecule has 0 radical (unpaired) electrons. The van der Waals surface area contributed by atoms with Crippen molar-refractivity contribution in [2.75, 3.05) is 6.61 Å². The maximum Gasteiger partial charge on any atom is 0.289 e. The molecule has 2 N–H and O–H groups in total. The van der Waals surface area contributed by atoms with Gasteiger partial charge in [0.05, 0.1) is 4.92 Å². The van der Waals surface area contributed by atoms with Crippen LogP contribution in [0.25, 0.3) is 0 Å². The van der Waals surface area contributed by atoms with Crippen LogP contribution in [-0.2, 0) is 0 Å². The Morgan fingerprint density at radius 1 is 1.71 bits per heavy atom. The Morgan fingerprint density at radius 2 is 2.35 bits per heavy atom. The molecule has 0 aromatic carbocycles. The van der Waals surface area contributed by atoms with Gasteiger partial charge in [0, 0.05) is 11.6 Å². The van der Waals surface area contributed by atoms with Crippen LogP contribution in [0.4, 0.5) is 5.69 Å². The Morgan fingerprint density at radius 3 is 2.82 bits per heavy atom. The average Bonchev–Trinajstić information content (AvgIpc) is 2.24. The van der Waals surface area contributed by atoms with Gasteiger partial charge in [-0.3, -0.25) is 10.1 Å². The summed E-state index contributed by atoms with van der Waals surface area (Å²) in [5.74, 6) is 0.0524. The highest BCUT2D eigenvalue weighted by molar-refractivity contribution is 5.45. The van der Waals surface area contributed by atoms with Crippen molar-refractivity contribution in [3.8, 4) is 11.9 Å². The van der Waals surface area contributed by atoms with Gasteiger partial charge in [-0.05, 0) is 13.8 Å². The van der Waals surface area contributed by atoms with Gasteiger partial charge in [0.15, 0.2) is 0 Å². The topological polar surface area (TPSA) is 115 Å². The number of ether oxygens (including phenoxy) is 1. The second-order valence-electron chi connectivity index (χ2n) is 4.19. The fourth-order valence-corrected chi connectivity index (χ4v) is 0.991. The molecule has 0 fully saturated rings. The lowest BCUT2D eigenvalue weighted by molar-refractivity contribution is -0.385. The molecule has 1 heterocycles. The van der Waals surface area contributed by atoms with E-state index >= 15 is 0 Å². The zero-order valence-electron chi connectivity index (χ0n) is 9.51. The SMILES string of the molecule is CC(C)(N)COc1ncc([N+](=O)[O-])cc1C#N. The summed E-state index contributed by atoms with van der Waals surface area (Å²) in [5, 5.41) is 19.3. The highest BCUT2D eigenvalue weighted by Gasteiger charge is 2.16. The maximum atomic E-state index is 10.5. The van der Waals surface area contributed by atoms with E-state index in [1.54, 1.807) is 19.9 Å². The molecule has 1 rings (SSSR count). The molecule has 0 saturated heterocycles. The summed E-state index contributed by atoms with van der Waals surface area (Å²) in [7, 11) is 0. The summed E-state index contributed by atoms with van der Waals surface area (Å²) in [6, 6.07) is 2.91. The number of hydrogen-bond donors (Lipinski definition) is 1. The van der Waals surface area contributed by atoms with Gasteiger partial charge in [0.2, 0.25) is 5.88 Å². The van der Waals surface area contributed by atoms with E-state index in [0.29, 0.717) is 0 Å². The number of hydrogen-bond acceptors (Lipinski definition) is 6. The summed E-state index contributed by atoms with van der Waals surface area (Å²) in [5.41, 5.74) is 4.90. The lowest BCUT2D eigenvalue weighted by Gasteiger charge is -2.18. The van der Waals surface area contributed by atoms with Gasteiger partial charge in [-0.2, -0.15) is 5.26 Å². The summed E-state index contributed by atoms with van der Waals surface area (Å²) in [6.07, 6.45) is 1.04. The molecule has 0 aliphatic carbocycles. The van der Waals surface area contributed by atoms with E-state index in [2.05, 4.69) is 4.98 Å². The van der Waals surface area contributed by atoms with Crippen LogP contribution in [0.3, 0.4) is 0 Å². The first-order chi connectivity index (χ1) is 7.83. The van der Waals surface area contributed by atoms with Crippen LogP contribution in [0.15, 0.2) is 12.3 Å². The maximum absolute atomic E-state index is 10.5. The number of nitro groups is 1. The van der Waals surface area contributed by atoms with Gasteiger partial charge in [-0.25, -0.2) is 4.98 Å². The van der Waals surface area contributed by atoms with Crippen molar-refractivity contribution in [1.82, 2.24) is 4.98 Å². The van der Waals surface area contributed by atoms with Gasteiger partial charge in [-0.1, -0.05) is 0 Å². The van der Waals surface area contributed by atoms with Crippen molar-refractivity contribution in [2.24, 2.45) is 5.73 Å². The first kappa shape index (κ1) is 12.9. The zero-order valence-corrected chi connectivity index (χ0v) is 9.51. The molecular weight excluding hydrogens is 224 g/mol. The van der Waals surface area contributed by atoms with E-state index in [1.165, 1.54) is 0 Å². The number of nitrogens with zero attached hydrogens (tertiary/aromatic N) is 3. The molecule has 0 unspecified atom stereocenters. The Hall–Kier alpha value is -2.20. The molecule has 90 valence electrons. The van der Waals surface area contributed by atoms with E-state index in [4.69, 9.17) is 15.7 Å². The lowest BCUT2D eigenvalue weighted by atomic mass is 10.1. The Balaban J connectivity index is 2.95. The van der Waals surface area contributed by atoms with Crippen LogP contribution in [-0.4, -0.2) is 22.1 Å². The number of pyridine rings is 1. The quantitative estimate of drug-likeness (QED) is 0.615. The van der Waals surface area contributed by atoms with E-state index in [9.17, 15) is 10.1 Å². The van der Waals surface area contributed by atoms with E-state index in [1.807, 2.05) is 0 Å². The molecule has 0 atom stereocenters. The van der Waals surface area contributed by atoms with Crippen LogP contribution in [0, 0.1) is 21.4 Å². The van der Waals surface area contributed by atoms with Crippen LogP contribution >= 0.6 is 0 Å². The Labute approximate surface area is 98.0 Å². The second-order valence-corrected chi connectivity index (χ2v) is 4.19. The average molecular weight is 236 g/mol. The van der Waals surface area contributed by atoms with Gasteiger partial charge >= 0.3 is 0 Å². The van der Waals surface area contributed by atoms with Gasteiger partial charge < -0.3 is 10.5 Å². The normalized spacial score (nSPS) is 10.7. The van der Waals surface area contributed by atoms with E-state index in [0.717, 1.165) is 12.3 Å². The molecular formula is C10H12N4O3. The molecule has 7 nitrogen and oxygen atoms in total. The predicted molar refractivity (Wildman–Crippen MR) is 59.4 cm³/mol. The van der Waals surface area contributed by atoms with Gasteiger partial charge in [-0.15, -0.1) is 0 Å². The fraction of sp³-hybridized carbons (Fsp3) is 0.400. The molecule has 17 heavy (non-hydrogen) atoms. The van der Waals surface area contributed by atoms with Crippen LogP contribution in [0.2, 0.25) is 0 Å². The van der Waals surface area contributed by atoms with E-state index < -0.39 is 10.5 Å². The molecule has 0 saturated carbocycles. The minimum Gasteiger partial charge on any atom is -0.475 e. The first-order valence-electron chi connectivity index (χ1n) is 4.80. The van der Waals surface area contributed by atoms with Gasteiger partial charge in [0.1, 0.15) is 24.4 Å². The summed E-state index contributed by atoms with van der Waals surface area (Å²) in [4.78, 5) is 13.6. The number of nitrogens with two attached hydrogens (primary N) is 1. The fourth-order valence-electron chi connectivity index (χ4n) is 0.991. The molecule has 0 bridgehead atoms. The highest BCUT2D eigenvalue weighted by atomic mass is 16.6. The lowest BCUT2D eigenvalue weighted by Crippen LogP contribution is -2.38. The minimum atomic E-state index is -0.621. The standard InChI is InChI=1S/C10H12N4O3/c1-10(2,12)6-17-9-7(4-11)3-8(5-13-9)14(15)16/h3,5H,6,12H2,1-2H3. The van der Waals surface area contributed by atoms with Crippen molar-refractivity contribution in [3.05, 3.63) is 27.9 Å². The van der Waals surface area contributed by atoms with Crippen molar-refractivity contribution < 1.29 is 9.66 Å². The number of aromatic nitrogens is 1. The molecule has 1 aromatic heterocycles. The largest absolute Gasteiger partial charge is 0.475 e. The molecule has 0 amide bonds. The molecule has 0 aliphatic heterocycles. The third kappa shape index (κ3) is 3.70. The highest BCUT2D eigenvalue weighted by Crippen LogP contribution is 2.20. The molecule has 0 aliphatic rings. The monoisotopic (exact) mass is 236 g/mol. The van der Waals surface area contributed by atoms with Gasteiger partial charge in [0.25, 0.3) is 5.69 Å². The molecule has 1 aromatic rings. The number of rotatable bonds is 4. The third-order valence-corrected chi connectivity index (χ3v) is 1.75. The van der Waals surface area contributed by atoms with Crippen molar-refractivity contribution in [3.63, 3.8) is 0 Å². The van der Waals surface area contributed by atoms with Crippen molar-refractivity contribution in [1.29, 1.82) is 5.26 Å². The van der Waals surface area contributed by atoms with Crippen LogP contribution in [0.1, 0.15) is 19.4 Å². The smallest absolute Gasteiger partial charge is 0.289 e. The van der Waals surface area contributed by atoms with Crippen molar-refractivity contribution >= 4 is 5.69 Å². The van der Waals surface area contributed by atoms with Crippen LogP contribution < -0.4 is 10.5 Å².